The van der Waals surface area contributed by atoms with Gasteiger partial charge in [0.1, 0.15) is 5.82 Å². The summed E-state index contributed by atoms with van der Waals surface area (Å²) in [6, 6.07) is 11.3. The lowest BCUT2D eigenvalue weighted by atomic mass is 10.0. The predicted molar refractivity (Wildman–Crippen MR) is 101 cm³/mol. The number of hydrogen-bond donors (Lipinski definition) is 1. The van der Waals surface area contributed by atoms with Crippen LogP contribution in [0.2, 0.25) is 10.0 Å². The van der Waals surface area contributed by atoms with Crippen LogP contribution >= 0.6 is 23.2 Å². The second-order valence-electron chi connectivity index (χ2n) is 5.59. The number of nitrogens with one attached hydrogen (secondary N) is 1. The molecule has 0 radical (unpaired) electrons. The maximum absolute atomic E-state index is 13.2. The molecule has 1 amide bonds. The van der Waals surface area contributed by atoms with Gasteiger partial charge in [0.05, 0.1) is 16.6 Å². The molecule has 0 fully saturated rings. The molecule has 0 spiro atoms. The number of amides is 1. The van der Waals surface area contributed by atoms with Crippen LogP contribution in [0.3, 0.4) is 0 Å². The maximum atomic E-state index is 13.2. The highest BCUT2D eigenvalue weighted by molar-refractivity contribution is 6.33. The molecular formula is C19H21Cl2FN2O. The average Bonchev–Trinajstić information content (AvgIpc) is 2.59. The van der Waals surface area contributed by atoms with Gasteiger partial charge in [0, 0.05) is 11.6 Å². The Bertz CT molecular complexity index is 735. The first-order chi connectivity index (χ1) is 12.0. The van der Waals surface area contributed by atoms with Crippen LogP contribution in [0, 0.1) is 5.82 Å². The molecule has 1 atom stereocenters. The second-order valence-corrected chi connectivity index (χ2v) is 6.41. The molecular weight excluding hydrogens is 362 g/mol. The molecule has 0 aliphatic heterocycles. The molecule has 25 heavy (non-hydrogen) atoms. The number of carbonyl (C=O) groups is 1. The van der Waals surface area contributed by atoms with Crippen molar-refractivity contribution in [1.29, 1.82) is 0 Å². The quantitative estimate of drug-likeness (QED) is 0.734. The highest BCUT2D eigenvalue weighted by atomic mass is 35.5. The van der Waals surface area contributed by atoms with E-state index in [4.69, 9.17) is 23.2 Å². The largest absolute Gasteiger partial charge is 0.350 e. The van der Waals surface area contributed by atoms with Crippen molar-refractivity contribution in [1.82, 2.24) is 10.2 Å². The standard InChI is InChI=1S/C19H21Cl2FN2O/c1-3-24(4-2)18(14-7-5-6-8-16(14)20)12-23-19(25)15-10-9-13(22)11-17(15)21/h5-11,18H,3-4,12H2,1-2H3,(H,23,25). The molecule has 1 unspecified atom stereocenters. The molecule has 0 aliphatic rings. The number of rotatable bonds is 7. The van der Waals surface area contributed by atoms with E-state index in [2.05, 4.69) is 24.1 Å². The van der Waals surface area contributed by atoms with Crippen molar-refractivity contribution in [2.45, 2.75) is 19.9 Å². The number of nitrogens with zero attached hydrogens (tertiary/aromatic N) is 1. The smallest absolute Gasteiger partial charge is 0.252 e. The second kappa shape index (κ2) is 9.18. The van der Waals surface area contributed by atoms with Crippen LogP contribution in [-0.4, -0.2) is 30.4 Å². The van der Waals surface area contributed by atoms with Gasteiger partial charge in [-0.15, -0.1) is 0 Å². The third-order valence-electron chi connectivity index (χ3n) is 4.15. The van der Waals surface area contributed by atoms with E-state index in [1.54, 1.807) is 0 Å². The van der Waals surface area contributed by atoms with Gasteiger partial charge in [-0.05, 0) is 42.9 Å². The number of hydrogen-bond acceptors (Lipinski definition) is 2. The van der Waals surface area contributed by atoms with Gasteiger partial charge >= 0.3 is 0 Å². The van der Waals surface area contributed by atoms with Gasteiger partial charge in [-0.25, -0.2) is 4.39 Å². The Labute approximate surface area is 157 Å². The number of benzene rings is 2. The molecule has 6 heteroatoms. The Hall–Kier alpha value is -1.62. The van der Waals surface area contributed by atoms with Gasteiger partial charge < -0.3 is 5.32 Å². The zero-order chi connectivity index (χ0) is 18.4. The lowest BCUT2D eigenvalue weighted by Gasteiger charge is -2.31. The van der Waals surface area contributed by atoms with Crippen LogP contribution in [0.25, 0.3) is 0 Å². The van der Waals surface area contributed by atoms with E-state index in [1.807, 2.05) is 24.3 Å². The molecule has 134 valence electrons. The van der Waals surface area contributed by atoms with Gasteiger partial charge in [-0.1, -0.05) is 55.2 Å². The summed E-state index contributed by atoms with van der Waals surface area (Å²) >= 11 is 12.3. The van der Waals surface area contributed by atoms with Gasteiger partial charge in [0.2, 0.25) is 0 Å². The van der Waals surface area contributed by atoms with Crippen LogP contribution in [0.5, 0.6) is 0 Å². The van der Waals surface area contributed by atoms with Crippen molar-refractivity contribution in [3.05, 3.63) is 69.5 Å². The molecule has 0 saturated heterocycles. The third kappa shape index (κ3) is 4.94. The molecule has 0 saturated carbocycles. The van der Waals surface area contributed by atoms with Crippen LogP contribution < -0.4 is 5.32 Å². The summed E-state index contributed by atoms with van der Waals surface area (Å²) in [4.78, 5) is 14.6. The van der Waals surface area contributed by atoms with Crippen molar-refractivity contribution in [3.8, 4) is 0 Å². The SMILES string of the molecule is CCN(CC)C(CNC(=O)c1ccc(F)cc1Cl)c1ccccc1Cl. The minimum absolute atomic E-state index is 0.0631. The summed E-state index contributed by atoms with van der Waals surface area (Å²) < 4.78 is 13.2. The minimum Gasteiger partial charge on any atom is -0.350 e. The van der Waals surface area contributed by atoms with Crippen LogP contribution in [0.15, 0.2) is 42.5 Å². The topological polar surface area (TPSA) is 32.3 Å². The first-order valence-electron chi connectivity index (χ1n) is 8.19. The fourth-order valence-electron chi connectivity index (χ4n) is 2.80. The van der Waals surface area contributed by atoms with Crippen molar-refractivity contribution in [2.75, 3.05) is 19.6 Å². The van der Waals surface area contributed by atoms with E-state index in [1.165, 1.54) is 12.1 Å². The van der Waals surface area contributed by atoms with Gasteiger partial charge in [-0.2, -0.15) is 0 Å². The molecule has 0 aliphatic carbocycles. The third-order valence-corrected chi connectivity index (χ3v) is 4.81. The molecule has 2 aromatic carbocycles. The van der Waals surface area contributed by atoms with Gasteiger partial charge in [0.25, 0.3) is 5.91 Å². The van der Waals surface area contributed by atoms with E-state index in [-0.39, 0.29) is 22.5 Å². The summed E-state index contributed by atoms with van der Waals surface area (Å²) in [6.07, 6.45) is 0. The Morgan fingerprint density at radius 1 is 1.12 bits per heavy atom. The van der Waals surface area contributed by atoms with E-state index < -0.39 is 5.82 Å². The predicted octanol–water partition coefficient (Wildman–Crippen LogP) is 4.95. The maximum Gasteiger partial charge on any atom is 0.252 e. The summed E-state index contributed by atoms with van der Waals surface area (Å²) in [6.45, 7) is 6.13. The van der Waals surface area contributed by atoms with Crippen molar-refractivity contribution in [3.63, 3.8) is 0 Å². The highest BCUT2D eigenvalue weighted by Gasteiger charge is 2.21. The molecule has 2 rings (SSSR count). The Morgan fingerprint density at radius 3 is 2.40 bits per heavy atom. The normalized spacial score (nSPS) is 12.2. The highest BCUT2D eigenvalue weighted by Crippen LogP contribution is 2.27. The van der Waals surface area contributed by atoms with Crippen LogP contribution in [0.4, 0.5) is 4.39 Å². The minimum atomic E-state index is -0.473. The Kier molecular flexibility index (Phi) is 7.24. The van der Waals surface area contributed by atoms with Gasteiger partial charge in [-0.3, -0.25) is 9.69 Å². The molecule has 0 aromatic heterocycles. The summed E-state index contributed by atoms with van der Waals surface area (Å²) in [7, 11) is 0. The number of likely N-dealkylation sites (N-methyl/N-ethyl adjacent to an activating group) is 1. The Morgan fingerprint density at radius 2 is 1.80 bits per heavy atom. The fraction of sp³-hybridized carbons (Fsp3) is 0.316. The van der Waals surface area contributed by atoms with Crippen molar-refractivity contribution < 1.29 is 9.18 Å². The van der Waals surface area contributed by atoms with E-state index in [9.17, 15) is 9.18 Å². The zero-order valence-corrected chi connectivity index (χ0v) is 15.7. The first kappa shape index (κ1) is 19.7. The lowest BCUT2D eigenvalue weighted by molar-refractivity contribution is 0.0935. The van der Waals surface area contributed by atoms with E-state index >= 15 is 0 Å². The van der Waals surface area contributed by atoms with Crippen LogP contribution in [0.1, 0.15) is 35.8 Å². The molecule has 0 heterocycles. The van der Waals surface area contributed by atoms with Crippen molar-refractivity contribution in [2.24, 2.45) is 0 Å². The monoisotopic (exact) mass is 382 g/mol. The zero-order valence-electron chi connectivity index (χ0n) is 14.2. The fourth-order valence-corrected chi connectivity index (χ4v) is 3.32. The Balaban J connectivity index is 2.20. The summed E-state index contributed by atoms with van der Waals surface area (Å²) in [5.41, 5.74) is 1.21. The first-order valence-corrected chi connectivity index (χ1v) is 8.95. The number of halogens is 3. The number of carbonyl (C=O) groups excluding carboxylic acids is 1. The molecule has 2 aromatic rings. The van der Waals surface area contributed by atoms with Gasteiger partial charge in [0.15, 0.2) is 0 Å². The van der Waals surface area contributed by atoms with Crippen LogP contribution in [-0.2, 0) is 0 Å². The van der Waals surface area contributed by atoms with E-state index in [0.29, 0.717) is 11.6 Å². The summed E-state index contributed by atoms with van der Waals surface area (Å²) in [5, 5.41) is 3.64. The molecule has 0 bridgehead atoms. The van der Waals surface area contributed by atoms with Crippen molar-refractivity contribution >= 4 is 29.1 Å². The lowest BCUT2D eigenvalue weighted by Crippen LogP contribution is -2.38. The molecule has 3 nitrogen and oxygen atoms in total. The molecule has 1 N–H and O–H groups in total. The summed E-state index contributed by atoms with van der Waals surface area (Å²) in [5.74, 6) is -0.812. The van der Waals surface area contributed by atoms with E-state index in [0.717, 1.165) is 24.7 Å². The average molecular weight is 383 g/mol.